The lowest BCUT2D eigenvalue weighted by atomic mass is 10.2. The Morgan fingerprint density at radius 2 is 2.08 bits per heavy atom. The molecule has 24 heavy (non-hydrogen) atoms. The van der Waals surface area contributed by atoms with Crippen molar-refractivity contribution in [2.45, 2.75) is 6.54 Å². The molecule has 0 aliphatic heterocycles. The molecular formula is C18H19ClN4O. The van der Waals surface area contributed by atoms with Crippen LogP contribution in [0.1, 0.15) is 10.5 Å². The highest BCUT2D eigenvalue weighted by Gasteiger charge is 2.09. The molecular weight excluding hydrogens is 324 g/mol. The smallest absolute Gasteiger partial charge is 0.274 e. The zero-order valence-corrected chi connectivity index (χ0v) is 14.4. The van der Waals surface area contributed by atoms with E-state index in [1.165, 1.54) is 6.20 Å². The van der Waals surface area contributed by atoms with E-state index in [1.807, 2.05) is 18.2 Å². The van der Waals surface area contributed by atoms with Gasteiger partial charge in [0.15, 0.2) is 0 Å². The van der Waals surface area contributed by atoms with Crippen LogP contribution in [-0.4, -0.2) is 41.0 Å². The number of likely N-dealkylation sites (N-methyl/N-ethyl adjacent to an activating group) is 1. The Bertz CT molecular complexity index is 855. The SMILES string of the molecule is CN(C)CCn1ccc2ccc(NC(=O)c3ccc(Cl)cn3)cc21. The molecule has 0 saturated heterocycles. The normalized spacial score (nSPS) is 11.2. The fraction of sp³-hybridized carbons (Fsp3) is 0.222. The Hall–Kier alpha value is -2.37. The molecule has 0 bridgehead atoms. The van der Waals surface area contributed by atoms with Crippen LogP contribution in [0.3, 0.4) is 0 Å². The largest absolute Gasteiger partial charge is 0.346 e. The van der Waals surface area contributed by atoms with Crippen molar-refractivity contribution in [2.24, 2.45) is 0 Å². The second-order valence-corrected chi connectivity index (χ2v) is 6.34. The number of nitrogens with zero attached hydrogens (tertiary/aromatic N) is 3. The van der Waals surface area contributed by atoms with Crippen molar-refractivity contribution in [1.82, 2.24) is 14.5 Å². The summed E-state index contributed by atoms with van der Waals surface area (Å²) in [5.41, 5.74) is 2.18. The van der Waals surface area contributed by atoms with Gasteiger partial charge in [-0.1, -0.05) is 17.7 Å². The molecule has 0 saturated carbocycles. The Labute approximate surface area is 145 Å². The lowest BCUT2D eigenvalue weighted by molar-refractivity contribution is 0.102. The number of rotatable bonds is 5. The topological polar surface area (TPSA) is 50.2 Å². The van der Waals surface area contributed by atoms with Crippen LogP contribution in [0.5, 0.6) is 0 Å². The number of amides is 1. The molecule has 2 aromatic heterocycles. The number of aromatic nitrogens is 2. The molecule has 0 atom stereocenters. The van der Waals surface area contributed by atoms with Crippen molar-refractivity contribution < 1.29 is 4.79 Å². The van der Waals surface area contributed by atoms with E-state index in [2.05, 4.69) is 46.1 Å². The van der Waals surface area contributed by atoms with Gasteiger partial charge < -0.3 is 14.8 Å². The Balaban J connectivity index is 1.80. The summed E-state index contributed by atoms with van der Waals surface area (Å²) < 4.78 is 2.19. The average molecular weight is 343 g/mol. The maximum absolute atomic E-state index is 12.3. The van der Waals surface area contributed by atoms with E-state index < -0.39 is 0 Å². The minimum atomic E-state index is -0.252. The maximum atomic E-state index is 12.3. The summed E-state index contributed by atoms with van der Waals surface area (Å²) >= 11 is 5.80. The van der Waals surface area contributed by atoms with Crippen molar-refractivity contribution >= 4 is 34.1 Å². The van der Waals surface area contributed by atoms with Crippen LogP contribution >= 0.6 is 11.6 Å². The molecule has 0 aliphatic carbocycles. The molecule has 124 valence electrons. The molecule has 2 heterocycles. The number of benzene rings is 1. The van der Waals surface area contributed by atoms with Crippen molar-refractivity contribution in [3.8, 4) is 0 Å². The number of carbonyl (C=O) groups excluding carboxylic acids is 1. The summed E-state index contributed by atoms with van der Waals surface area (Å²) in [6.45, 7) is 1.85. The van der Waals surface area contributed by atoms with Crippen LogP contribution in [0.4, 0.5) is 5.69 Å². The fourth-order valence-corrected chi connectivity index (χ4v) is 2.58. The highest BCUT2D eigenvalue weighted by molar-refractivity contribution is 6.30. The van der Waals surface area contributed by atoms with Crippen LogP contribution in [-0.2, 0) is 6.54 Å². The van der Waals surface area contributed by atoms with E-state index in [-0.39, 0.29) is 5.91 Å². The summed E-state index contributed by atoms with van der Waals surface area (Å²) in [6.07, 6.45) is 3.53. The van der Waals surface area contributed by atoms with E-state index in [1.54, 1.807) is 12.1 Å². The Morgan fingerprint density at radius 1 is 1.25 bits per heavy atom. The first-order chi connectivity index (χ1) is 11.5. The molecule has 3 rings (SSSR count). The standard InChI is InChI=1S/C18H19ClN4O/c1-22(2)9-10-23-8-7-13-3-5-15(11-17(13)23)21-18(24)16-6-4-14(19)12-20-16/h3-8,11-12H,9-10H2,1-2H3,(H,21,24). The van der Waals surface area contributed by atoms with E-state index in [0.717, 1.165) is 29.7 Å². The van der Waals surface area contributed by atoms with Gasteiger partial charge in [-0.3, -0.25) is 4.79 Å². The number of halogens is 1. The Kier molecular flexibility index (Phi) is 4.83. The third-order valence-corrected chi connectivity index (χ3v) is 4.00. The molecule has 0 unspecified atom stereocenters. The lowest BCUT2D eigenvalue weighted by Gasteiger charge is -2.12. The van der Waals surface area contributed by atoms with Gasteiger partial charge in [0, 0.05) is 31.2 Å². The predicted molar refractivity (Wildman–Crippen MR) is 97.7 cm³/mol. The van der Waals surface area contributed by atoms with Gasteiger partial charge in [-0.05, 0) is 49.8 Å². The van der Waals surface area contributed by atoms with Gasteiger partial charge in [-0.2, -0.15) is 0 Å². The molecule has 0 fully saturated rings. The van der Waals surface area contributed by atoms with E-state index >= 15 is 0 Å². The first-order valence-electron chi connectivity index (χ1n) is 7.69. The third kappa shape index (κ3) is 3.75. The zero-order valence-electron chi connectivity index (χ0n) is 13.7. The maximum Gasteiger partial charge on any atom is 0.274 e. The number of hydrogen-bond acceptors (Lipinski definition) is 3. The lowest BCUT2D eigenvalue weighted by Crippen LogP contribution is -2.18. The van der Waals surface area contributed by atoms with Gasteiger partial charge in [0.2, 0.25) is 0 Å². The number of carbonyl (C=O) groups is 1. The number of fused-ring (bicyclic) bond motifs is 1. The van der Waals surface area contributed by atoms with Crippen LogP contribution in [0.15, 0.2) is 48.8 Å². The average Bonchev–Trinajstić information content (AvgIpc) is 2.96. The molecule has 1 amide bonds. The third-order valence-electron chi connectivity index (χ3n) is 3.78. The molecule has 3 aromatic rings. The van der Waals surface area contributed by atoms with Crippen molar-refractivity contribution in [2.75, 3.05) is 26.0 Å². The first-order valence-corrected chi connectivity index (χ1v) is 8.07. The number of hydrogen-bond donors (Lipinski definition) is 1. The fourth-order valence-electron chi connectivity index (χ4n) is 2.47. The van der Waals surface area contributed by atoms with Crippen molar-refractivity contribution in [3.05, 3.63) is 59.5 Å². The quantitative estimate of drug-likeness (QED) is 0.772. The summed E-state index contributed by atoms with van der Waals surface area (Å²) in [5.74, 6) is -0.252. The van der Waals surface area contributed by atoms with E-state index in [9.17, 15) is 4.79 Å². The molecule has 0 spiro atoms. The minimum Gasteiger partial charge on any atom is -0.346 e. The summed E-state index contributed by atoms with van der Waals surface area (Å²) in [5, 5.41) is 4.54. The van der Waals surface area contributed by atoms with Gasteiger partial charge in [0.25, 0.3) is 5.91 Å². The summed E-state index contributed by atoms with van der Waals surface area (Å²) in [6, 6.07) is 11.2. The number of anilines is 1. The number of pyridine rings is 1. The second-order valence-electron chi connectivity index (χ2n) is 5.90. The van der Waals surface area contributed by atoms with Crippen LogP contribution in [0.2, 0.25) is 5.02 Å². The molecule has 0 aliphatic rings. The first kappa shape index (κ1) is 16.5. The van der Waals surface area contributed by atoms with Gasteiger partial charge in [0.1, 0.15) is 5.69 Å². The van der Waals surface area contributed by atoms with Gasteiger partial charge >= 0.3 is 0 Å². The molecule has 0 radical (unpaired) electrons. The monoisotopic (exact) mass is 342 g/mol. The minimum absolute atomic E-state index is 0.252. The number of nitrogens with one attached hydrogen (secondary N) is 1. The second kappa shape index (κ2) is 7.03. The van der Waals surface area contributed by atoms with Crippen LogP contribution in [0.25, 0.3) is 10.9 Å². The molecule has 1 aromatic carbocycles. The van der Waals surface area contributed by atoms with Crippen LogP contribution < -0.4 is 5.32 Å². The molecule has 5 nitrogen and oxygen atoms in total. The zero-order chi connectivity index (χ0) is 17.1. The van der Waals surface area contributed by atoms with E-state index in [0.29, 0.717) is 10.7 Å². The van der Waals surface area contributed by atoms with Crippen molar-refractivity contribution in [3.63, 3.8) is 0 Å². The highest BCUT2D eigenvalue weighted by Crippen LogP contribution is 2.21. The summed E-state index contributed by atoms with van der Waals surface area (Å²) in [7, 11) is 4.10. The van der Waals surface area contributed by atoms with Gasteiger partial charge in [0.05, 0.1) is 10.5 Å². The van der Waals surface area contributed by atoms with Gasteiger partial charge in [-0.15, -0.1) is 0 Å². The van der Waals surface area contributed by atoms with Crippen LogP contribution in [0, 0.1) is 0 Å². The Morgan fingerprint density at radius 3 is 2.79 bits per heavy atom. The highest BCUT2D eigenvalue weighted by atomic mass is 35.5. The predicted octanol–water partition coefficient (Wildman–Crippen LogP) is 3.50. The summed E-state index contributed by atoms with van der Waals surface area (Å²) in [4.78, 5) is 18.5. The van der Waals surface area contributed by atoms with Gasteiger partial charge in [-0.25, -0.2) is 4.98 Å². The molecule has 6 heteroatoms. The van der Waals surface area contributed by atoms with E-state index in [4.69, 9.17) is 11.6 Å². The van der Waals surface area contributed by atoms with Crippen molar-refractivity contribution in [1.29, 1.82) is 0 Å². The molecule has 1 N–H and O–H groups in total.